The van der Waals surface area contributed by atoms with Gasteiger partial charge in [0.1, 0.15) is 5.75 Å². The van der Waals surface area contributed by atoms with Gasteiger partial charge in [-0.1, -0.05) is 0 Å². The first-order valence-electron chi connectivity index (χ1n) is 3.90. The molecular formula is C10H11NO2. The summed E-state index contributed by atoms with van der Waals surface area (Å²) in [7, 11) is 1.55. The molecule has 0 aliphatic carbocycles. The molecule has 68 valence electrons. The van der Waals surface area contributed by atoms with Crippen LogP contribution < -0.4 is 0 Å². The molecule has 3 heteroatoms. The first-order chi connectivity index (χ1) is 6.19. The molecule has 0 bridgehead atoms. The lowest BCUT2D eigenvalue weighted by Crippen LogP contribution is -1.92. The van der Waals surface area contributed by atoms with Crippen molar-refractivity contribution in [2.24, 2.45) is 0 Å². The van der Waals surface area contributed by atoms with Crippen molar-refractivity contribution < 1.29 is 9.84 Å². The van der Waals surface area contributed by atoms with E-state index in [1.165, 1.54) is 0 Å². The molecule has 13 heavy (non-hydrogen) atoms. The molecule has 0 radical (unpaired) electrons. The first-order valence-corrected chi connectivity index (χ1v) is 3.90. The average molecular weight is 177 g/mol. The highest BCUT2D eigenvalue weighted by molar-refractivity contribution is 5.46. The Morgan fingerprint density at radius 1 is 1.54 bits per heavy atom. The number of aryl methyl sites for hydroxylation is 1. The molecule has 0 aliphatic rings. The van der Waals surface area contributed by atoms with Gasteiger partial charge in [0, 0.05) is 12.7 Å². The molecule has 0 saturated heterocycles. The summed E-state index contributed by atoms with van der Waals surface area (Å²) in [5.41, 5.74) is 1.90. The van der Waals surface area contributed by atoms with E-state index in [2.05, 4.69) is 0 Å². The van der Waals surface area contributed by atoms with E-state index in [4.69, 9.17) is 10.00 Å². The summed E-state index contributed by atoms with van der Waals surface area (Å²) < 4.78 is 4.89. The number of aromatic hydroxyl groups is 1. The van der Waals surface area contributed by atoms with E-state index in [-0.39, 0.29) is 5.75 Å². The number of phenolic OH excluding ortho intramolecular Hbond substituents is 1. The number of methoxy groups -OCH3 is 1. The first kappa shape index (κ1) is 9.56. The van der Waals surface area contributed by atoms with Crippen LogP contribution in [0.15, 0.2) is 12.1 Å². The van der Waals surface area contributed by atoms with E-state index < -0.39 is 0 Å². The van der Waals surface area contributed by atoms with Gasteiger partial charge < -0.3 is 9.84 Å². The summed E-state index contributed by atoms with van der Waals surface area (Å²) in [5.74, 6) is 0.209. The van der Waals surface area contributed by atoms with Crippen molar-refractivity contribution in [3.8, 4) is 11.8 Å². The predicted octanol–water partition coefficient (Wildman–Crippen LogP) is 1.72. The molecular weight excluding hydrogens is 166 g/mol. The number of benzene rings is 1. The van der Waals surface area contributed by atoms with Crippen molar-refractivity contribution in [2.45, 2.75) is 13.5 Å². The minimum absolute atomic E-state index is 0.209. The molecule has 0 heterocycles. The fraction of sp³-hybridized carbons (Fsp3) is 0.300. The summed E-state index contributed by atoms with van der Waals surface area (Å²) in [5, 5.41) is 18.2. The summed E-state index contributed by atoms with van der Waals surface area (Å²) in [6.45, 7) is 2.08. The second-order valence-electron chi connectivity index (χ2n) is 2.85. The summed E-state index contributed by atoms with van der Waals surface area (Å²) >= 11 is 0. The standard InChI is InChI=1S/C10H11NO2/c1-7-3-8(5-11)4-9(6-13-2)10(7)12/h3-4,12H,6H2,1-2H3. The van der Waals surface area contributed by atoms with Crippen LogP contribution in [0.25, 0.3) is 0 Å². The van der Waals surface area contributed by atoms with E-state index >= 15 is 0 Å². The van der Waals surface area contributed by atoms with Crippen molar-refractivity contribution in [1.82, 2.24) is 0 Å². The van der Waals surface area contributed by atoms with Crippen LogP contribution in [0.4, 0.5) is 0 Å². The monoisotopic (exact) mass is 177 g/mol. The molecule has 0 atom stereocenters. The second kappa shape index (κ2) is 3.92. The van der Waals surface area contributed by atoms with Gasteiger partial charge in [0.25, 0.3) is 0 Å². The lowest BCUT2D eigenvalue weighted by atomic mass is 10.1. The topological polar surface area (TPSA) is 53.2 Å². The highest BCUT2D eigenvalue weighted by atomic mass is 16.5. The smallest absolute Gasteiger partial charge is 0.124 e. The van der Waals surface area contributed by atoms with Crippen LogP contribution in [0.3, 0.4) is 0 Å². The lowest BCUT2D eigenvalue weighted by molar-refractivity contribution is 0.182. The molecule has 3 nitrogen and oxygen atoms in total. The average Bonchev–Trinajstić information content (AvgIpc) is 2.13. The minimum Gasteiger partial charge on any atom is -0.507 e. The number of nitriles is 1. The van der Waals surface area contributed by atoms with Gasteiger partial charge in [0.15, 0.2) is 0 Å². The highest BCUT2D eigenvalue weighted by Gasteiger charge is 2.06. The molecule has 0 unspecified atom stereocenters. The van der Waals surface area contributed by atoms with Crippen LogP contribution in [-0.2, 0) is 11.3 Å². The van der Waals surface area contributed by atoms with Gasteiger partial charge in [0.2, 0.25) is 0 Å². The van der Waals surface area contributed by atoms with Gasteiger partial charge in [-0.2, -0.15) is 5.26 Å². The fourth-order valence-electron chi connectivity index (χ4n) is 1.18. The lowest BCUT2D eigenvalue weighted by Gasteiger charge is -2.06. The Morgan fingerprint density at radius 3 is 2.77 bits per heavy atom. The number of ether oxygens (including phenoxy) is 1. The molecule has 0 spiro atoms. The molecule has 1 aromatic carbocycles. The van der Waals surface area contributed by atoms with E-state index in [1.807, 2.05) is 6.07 Å². The Morgan fingerprint density at radius 2 is 2.23 bits per heavy atom. The Hall–Kier alpha value is -1.53. The molecule has 0 amide bonds. The molecule has 0 saturated carbocycles. The van der Waals surface area contributed by atoms with Crippen LogP contribution in [0.1, 0.15) is 16.7 Å². The van der Waals surface area contributed by atoms with Crippen LogP contribution in [0.2, 0.25) is 0 Å². The van der Waals surface area contributed by atoms with E-state index in [1.54, 1.807) is 26.2 Å². The molecule has 0 aliphatic heterocycles. The van der Waals surface area contributed by atoms with Crippen LogP contribution in [0.5, 0.6) is 5.75 Å². The minimum atomic E-state index is 0.209. The number of rotatable bonds is 2. The van der Waals surface area contributed by atoms with Crippen molar-refractivity contribution in [3.63, 3.8) is 0 Å². The zero-order chi connectivity index (χ0) is 9.84. The largest absolute Gasteiger partial charge is 0.507 e. The Balaban J connectivity index is 3.18. The Labute approximate surface area is 77.2 Å². The van der Waals surface area contributed by atoms with Gasteiger partial charge in [-0.05, 0) is 24.6 Å². The maximum absolute atomic E-state index is 9.56. The van der Waals surface area contributed by atoms with Crippen LogP contribution in [-0.4, -0.2) is 12.2 Å². The van der Waals surface area contributed by atoms with Gasteiger partial charge in [-0.25, -0.2) is 0 Å². The summed E-state index contributed by atoms with van der Waals surface area (Å²) in [6, 6.07) is 5.31. The van der Waals surface area contributed by atoms with Crippen molar-refractivity contribution in [2.75, 3.05) is 7.11 Å². The number of hydrogen-bond donors (Lipinski definition) is 1. The molecule has 1 aromatic rings. The zero-order valence-corrected chi connectivity index (χ0v) is 7.66. The molecule has 1 N–H and O–H groups in total. The van der Waals surface area contributed by atoms with Crippen molar-refractivity contribution in [3.05, 3.63) is 28.8 Å². The van der Waals surface area contributed by atoms with E-state index in [0.717, 1.165) is 0 Å². The van der Waals surface area contributed by atoms with Gasteiger partial charge in [0.05, 0.1) is 18.2 Å². The molecule has 0 aromatic heterocycles. The maximum Gasteiger partial charge on any atom is 0.124 e. The SMILES string of the molecule is COCc1cc(C#N)cc(C)c1O. The molecule has 0 fully saturated rings. The van der Waals surface area contributed by atoms with Crippen LogP contribution >= 0.6 is 0 Å². The highest BCUT2D eigenvalue weighted by Crippen LogP contribution is 2.24. The number of nitrogens with zero attached hydrogens (tertiary/aromatic N) is 1. The Bertz CT molecular complexity index is 353. The normalized spacial score (nSPS) is 9.62. The summed E-state index contributed by atoms with van der Waals surface area (Å²) in [6.07, 6.45) is 0. The quantitative estimate of drug-likeness (QED) is 0.748. The zero-order valence-electron chi connectivity index (χ0n) is 7.66. The number of phenols is 1. The fourth-order valence-corrected chi connectivity index (χ4v) is 1.18. The van der Waals surface area contributed by atoms with E-state index in [9.17, 15) is 5.11 Å². The third-order valence-corrected chi connectivity index (χ3v) is 1.81. The van der Waals surface area contributed by atoms with Gasteiger partial charge in [-0.3, -0.25) is 0 Å². The Kier molecular flexibility index (Phi) is 2.88. The van der Waals surface area contributed by atoms with Crippen LogP contribution in [0, 0.1) is 18.3 Å². The second-order valence-corrected chi connectivity index (χ2v) is 2.85. The maximum atomic E-state index is 9.56. The van der Waals surface area contributed by atoms with Gasteiger partial charge in [-0.15, -0.1) is 0 Å². The van der Waals surface area contributed by atoms with Crippen molar-refractivity contribution in [1.29, 1.82) is 5.26 Å². The van der Waals surface area contributed by atoms with E-state index in [0.29, 0.717) is 23.3 Å². The van der Waals surface area contributed by atoms with Crippen molar-refractivity contribution >= 4 is 0 Å². The molecule has 1 rings (SSSR count). The third kappa shape index (κ3) is 1.98. The third-order valence-electron chi connectivity index (χ3n) is 1.81. The van der Waals surface area contributed by atoms with Gasteiger partial charge >= 0.3 is 0 Å². The summed E-state index contributed by atoms with van der Waals surface area (Å²) in [4.78, 5) is 0. The number of hydrogen-bond acceptors (Lipinski definition) is 3. The predicted molar refractivity (Wildman–Crippen MR) is 48.3 cm³/mol.